The van der Waals surface area contributed by atoms with E-state index in [1.807, 2.05) is 13.0 Å². The van der Waals surface area contributed by atoms with Crippen molar-refractivity contribution in [3.63, 3.8) is 0 Å². The molecule has 1 nitrogen and oxygen atoms in total. The van der Waals surface area contributed by atoms with E-state index in [9.17, 15) is 4.79 Å². The van der Waals surface area contributed by atoms with Crippen LogP contribution in [0.5, 0.6) is 0 Å². The van der Waals surface area contributed by atoms with Crippen LogP contribution in [-0.2, 0) is 11.2 Å². The fourth-order valence-corrected chi connectivity index (χ4v) is 1.70. The maximum Gasteiger partial charge on any atom is 0.140 e. The van der Waals surface area contributed by atoms with Crippen LogP contribution in [0, 0.1) is 11.8 Å². The minimum absolute atomic E-state index is 0.0782. The lowest BCUT2D eigenvalue weighted by atomic mass is 9.90. The maximum absolute atomic E-state index is 11.9. The zero-order valence-corrected chi connectivity index (χ0v) is 11.3. The zero-order valence-electron chi connectivity index (χ0n) is 9.76. The third-order valence-corrected chi connectivity index (χ3v) is 3.61. The van der Waals surface area contributed by atoms with Gasteiger partial charge in [-0.3, -0.25) is 4.79 Å². The molecule has 16 heavy (non-hydrogen) atoms. The molecule has 0 heterocycles. The average Bonchev–Trinajstić information content (AvgIpc) is 2.22. The zero-order chi connectivity index (χ0) is 12.3. The lowest BCUT2D eigenvalue weighted by Gasteiger charge is -2.14. The van der Waals surface area contributed by atoms with Crippen molar-refractivity contribution in [1.82, 2.24) is 0 Å². The van der Waals surface area contributed by atoms with Crippen molar-refractivity contribution < 1.29 is 4.79 Å². The van der Waals surface area contributed by atoms with E-state index in [0.29, 0.717) is 22.4 Å². The first-order valence-electron chi connectivity index (χ1n) is 5.38. The molecule has 0 saturated carbocycles. The van der Waals surface area contributed by atoms with Crippen molar-refractivity contribution in [2.75, 3.05) is 0 Å². The first-order valence-corrected chi connectivity index (χ1v) is 6.14. The Balaban J connectivity index is 2.74. The summed E-state index contributed by atoms with van der Waals surface area (Å²) in [4.78, 5) is 11.9. The van der Waals surface area contributed by atoms with E-state index < -0.39 is 0 Å². The molecular formula is C13H16Cl2O. The number of benzene rings is 1. The van der Waals surface area contributed by atoms with Gasteiger partial charge in [0, 0.05) is 12.3 Å². The van der Waals surface area contributed by atoms with Gasteiger partial charge in [0.15, 0.2) is 0 Å². The second kappa shape index (κ2) is 5.70. The number of Topliss-reactive ketones (excluding diaryl/α,β-unsaturated/α-hetero) is 1. The number of ketones is 1. The molecule has 0 spiro atoms. The van der Waals surface area contributed by atoms with Crippen LogP contribution in [0.1, 0.15) is 26.3 Å². The predicted molar refractivity (Wildman–Crippen MR) is 69.2 cm³/mol. The van der Waals surface area contributed by atoms with Crippen LogP contribution >= 0.6 is 23.2 Å². The molecule has 0 N–H and O–H groups in total. The van der Waals surface area contributed by atoms with E-state index in [1.165, 1.54) is 0 Å². The van der Waals surface area contributed by atoms with Crippen LogP contribution in [0.3, 0.4) is 0 Å². The molecule has 0 aliphatic heterocycles. The lowest BCUT2D eigenvalue weighted by molar-refractivity contribution is -0.122. The minimum atomic E-state index is 0.0782. The normalized spacial score (nSPS) is 12.9. The van der Waals surface area contributed by atoms with Gasteiger partial charge >= 0.3 is 0 Å². The topological polar surface area (TPSA) is 17.1 Å². The van der Waals surface area contributed by atoms with E-state index in [1.54, 1.807) is 12.1 Å². The predicted octanol–water partition coefficient (Wildman–Crippen LogP) is 4.40. The van der Waals surface area contributed by atoms with Crippen LogP contribution in [0.4, 0.5) is 0 Å². The summed E-state index contributed by atoms with van der Waals surface area (Å²) in [5, 5.41) is 1.03. The second-order valence-corrected chi connectivity index (χ2v) is 5.24. The second-order valence-electron chi connectivity index (χ2n) is 4.42. The van der Waals surface area contributed by atoms with Crippen LogP contribution in [0.25, 0.3) is 0 Å². The Labute approximate surface area is 107 Å². The molecule has 0 radical (unpaired) electrons. The van der Waals surface area contributed by atoms with Gasteiger partial charge in [0.05, 0.1) is 10.0 Å². The largest absolute Gasteiger partial charge is 0.299 e. The van der Waals surface area contributed by atoms with E-state index in [2.05, 4.69) is 13.8 Å². The van der Waals surface area contributed by atoms with Crippen LogP contribution < -0.4 is 0 Å². The number of carbonyl (C=O) groups excluding carboxylic acids is 1. The molecular weight excluding hydrogens is 243 g/mol. The van der Waals surface area contributed by atoms with Crippen molar-refractivity contribution in [3.05, 3.63) is 33.8 Å². The smallest absolute Gasteiger partial charge is 0.140 e. The summed E-state index contributed by atoms with van der Waals surface area (Å²) in [6, 6.07) is 5.33. The molecule has 88 valence electrons. The highest BCUT2D eigenvalue weighted by molar-refractivity contribution is 6.42. The summed E-state index contributed by atoms with van der Waals surface area (Å²) in [6.07, 6.45) is 0.427. The van der Waals surface area contributed by atoms with Gasteiger partial charge in [0.25, 0.3) is 0 Å². The lowest BCUT2D eigenvalue weighted by Crippen LogP contribution is -2.18. The Morgan fingerprint density at radius 2 is 1.81 bits per heavy atom. The minimum Gasteiger partial charge on any atom is -0.299 e. The van der Waals surface area contributed by atoms with Gasteiger partial charge in [-0.2, -0.15) is 0 Å². The third-order valence-electron chi connectivity index (χ3n) is 2.87. The van der Waals surface area contributed by atoms with Crippen molar-refractivity contribution in [2.24, 2.45) is 11.8 Å². The van der Waals surface area contributed by atoms with Crippen molar-refractivity contribution in [3.8, 4) is 0 Å². The van der Waals surface area contributed by atoms with Crippen LogP contribution in [0.15, 0.2) is 18.2 Å². The first-order chi connectivity index (χ1) is 7.41. The van der Waals surface area contributed by atoms with E-state index >= 15 is 0 Å². The highest BCUT2D eigenvalue weighted by atomic mass is 35.5. The molecule has 1 atom stereocenters. The molecule has 0 aromatic heterocycles. The number of hydrogen-bond donors (Lipinski definition) is 0. The maximum atomic E-state index is 11.9. The Kier molecular flexibility index (Phi) is 4.82. The number of rotatable bonds is 4. The number of carbonyl (C=O) groups is 1. The van der Waals surface area contributed by atoms with Crippen molar-refractivity contribution >= 4 is 29.0 Å². The van der Waals surface area contributed by atoms with Gasteiger partial charge in [0.1, 0.15) is 5.78 Å². The molecule has 3 heteroatoms. The Morgan fingerprint density at radius 1 is 1.19 bits per heavy atom. The molecule has 0 aliphatic carbocycles. The van der Waals surface area contributed by atoms with E-state index in [-0.39, 0.29) is 11.7 Å². The van der Waals surface area contributed by atoms with Gasteiger partial charge in [0.2, 0.25) is 0 Å². The Bertz CT molecular complexity index is 386. The average molecular weight is 259 g/mol. The molecule has 0 saturated heterocycles. The fraction of sp³-hybridized carbons (Fsp3) is 0.462. The fourth-order valence-electron chi connectivity index (χ4n) is 1.38. The summed E-state index contributed by atoms with van der Waals surface area (Å²) in [5.74, 6) is 0.693. The van der Waals surface area contributed by atoms with Gasteiger partial charge in [-0.1, -0.05) is 50.0 Å². The SMILES string of the molecule is CC(C)C(C)C(=O)Cc1ccc(Cl)c(Cl)c1. The summed E-state index contributed by atoms with van der Waals surface area (Å²) in [7, 11) is 0. The highest BCUT2D eigenvalue weighted by Gasteiger charge is 2.17. The third kappa shape index (κ3) is 3.50. The highest BCUT2D eigenvalue weighted by Crippen LogP contribution is 2.23. The molecule has 0 amide bonds. The number of hydrogen-bond acceptors (Lipinski definition) is 1. The summed E-state index contributed by atoms with van der Waals surface area (Å²) in [6.45, 7) is 6.07. The van der Waals surface area contributed by atoms with E-state index in [4.69, 9.17) is 23.2 Å². The van der Waals surface area contributed by atoms with Crippen LogP contribution in [0.2, 0.25) is 10.0 Å². The quantitative estimate of drug-likeness (QED) is 0.783. The molecule has 1 aromatic rings. The Hall–Kier alpha value is -0.530. The van der Waals surface area contributed by atoms with Crippen molar-refractivity contribution in [1.29, 1.82) is 0 Å². The van der Waals surface area contributed by atoms with Gasteiger partial charge in [-0.05, 0) is 23.6 Å². The van der Waals surface area contributed by atoms with Gasteiger partial charge in [-0.25, -0.2) is 0 Å². The monoisotopic (exact) mass is 258 g/mol. The van der Waals surface area contributed by atoms with Gasteiger partial charge in [-0.15, -0.1) is 0 Å². The summed E-state index contributed by atoms with van der Waals surface area (Å²) in [5.41, 5.74) is 0.923. The van der Waals surface area contributed by atoms with Crippen molar-refractivity contribution in [2.45, 2.75) is 27.2 Å². The molecule has 1 aromatic carbocycles. The summed E-state index contributed by atoms with van der Waals surface area (Å²) < 4.78 is 0. The molecule has 1 unspecified atom stereocenters. The van der Waals surface area contributed by atoms with E-state index in [0.717, 1.165) is 5.56 Å². The van der Waals surface area contributed by atoms with Gasteiger partial charge < -0.3 is 0 Å². The Morgan fingerprint density at radius 3 is 2.31 bits per heavy atom. The summed E-state index contributed by atoms with van der Waals surface area (Å²) >= 11 is 11.7. The molecule has 0 fully saturated rings. The van der Waals surface area contributed by atoms with Crippen LogP contribution in [-0.4, -0.2) is 5.78 Å². The molecule has 1 rings (SSSR count). The molecule has 0 bridgehead atoms. The standard InChI is InChI=1S/C13H16Cl2O/c1-8(2)9(3)13(16)7-10-4-5-11(14)12(15)6-10/h4-6,8-9H,7H2,1-3H3. The molecule has 0 aliphatic rings. The first kappa shape index (κ1) is 13.5. The number of halogens is 2.